The Kier molecular flexibility index (Phi) is 6.91. The number of methoxy groups -OCH3 is 1. The molecule has 3 saturated heterocycles. The van der Waals surface area contributed by atoms with Crippen LogP contribution in [0.2, 0.25) is 0 Å². The molecule has 13 nitrogen and oxygen atoms in total. The minimum Gasteiger partial charge on any atom is -0.469 e. The molecule has 5 fully saturated rings. The van der Waals surface area contributed by atoms with Crippen molar-refractivity contribution in [1.29, 1.82) is 0 Å². The van der Waals surface area contributed by atoms with Gasteiger partial charge in [0.15, 0.2) is 11.5 Å². The number of fused-ring (bicyclic) bond motifs is 1. The zero-order chi connectivity index (χ0) is 33.9. The summed E-state index contributed by atoms with van der Waals surface area (Å²) in [5, 5.41) is 12.0. The van der Waals surface area contributed by atoms with E-state index in [-0.39, 0.29) is 30.4 Å². The molecule has 0 aromatic heterocycles. The third kappa shape index (κ3) is 3.30. The van der Waals surface area contributed by atoms with Gasteiger partial charge >= 0.3 is 29.8 Å². The first kappa shape index (κ1) is 32.8. The second-order valence-corrected chi connectivity index (χ2v) is 13.7. The van der Waals surface area contributed by atoms with Crippen LogP contribution in [0.25, 0.3) is 0 Å². The third-order valence-corrected chi connectivity index (χ3v) is 11.5. The van der Waals surface area contributed by atoms with Crippen LogP contribution in [0, 0.1) is 16.2 Å². The van der Waals surface area contributed by atoms with Crippen molar-refractivity contribution in [3.63, 3.8) is 0 Å². The number of hydrogen-bond acceptors (Lipinski definition) is 13. The van der Waals surface area contributed by atoms with Crippen molar-refractivity contribution >= 4 is 35.6 Å². The lowest BCUT2D eigenvalue weighted by molar-refractivity contribution is -0.271. The van der Waals surface area contributed by atoms with Crippen LogP contribution in [0.5, 0.6) is 0 Å². The van der Waals surface area contributed by atoms with Crippen molar-refractivity contribution < 1.29 is 62.3 Å². The minimum atomic E-state index is -2.45. The van der Waals surface area contributed by atoms with Crippen molar-refractivity contribution in [2.45, 2.75) is 115 Å². The highest BCUT2D eigenvalue weighted by molar-refractivity contribution is 6.21. The third-order valence-electron chi connectivity index (χ3n) is 11.5. The largest absolute Gasteiger partial charge is 0.469 e. The van der Waals surface area contributed by atoms with Gasteiger partial charge in [-0.1, -0.05) is 19.6 Å². The Labute approximate surface area is 260 Å². The van der Waals surface area contributed by atoms with Gasteiger partial charge in [0.1, 0.15) is 17.8 Å². The lowest BCUT2D eigenvalue weighted by Gasteiger charge is -2.68. The predicted octanol–water partition coefficient (Wildman–Crippen LogP) is 1.81. The summed E-state index contributed by atoms with van der Waals surface area (Å²) in [5.41, 5.74) is -14.5. The number of carbonyl (C=O) groups is 6. The molecular weight excluding hydrogens is 592 g/mol. The summed E-state index contributed by atoms with van der Waals surface area (Å²) in [4.78, 5) is 82.3. The van der Waals surface area contributed by atoms with Crippen molar-refractivity contribution in [3.8, 4) is 0 Å². The van der Waals surface area contributed by atoms with E-state index in [1.807, 2.05) is 0 Å². The molecule has 0 radical (unpaired) electrons. The number of allylic oxidation sites excluding steroid dienone is 1. The number of carbonyl (C=O) groups excluding carboxylic acids is 6. The van der Waals surface area contributed by atoms with Crippen molar-refractivity contribution in [1.82, 2.24) is 0 Å². The van der Waals surface area contributed by atoms with Gasteiger partial charge in [-0.05, 0) is 60.0 Å². The summed E-state index contributed by atoms with van der Waals surface area (Å²) in [6.07, 6.45) is -3.77. The molecule has 3 heterocycles. The van der Waals surface area contributed by atoms with Gasteiger partial charge in [-0.3, -0.25) is 19.2 Å². The number of cyclic esters (lactones) is 1. The average molecular weight is 633 g/mol. The fourth-order valence-electron chi connectivity index (χ4n) is 9.09. The van der Waals surface area contributed by atoms with E-state index >= 15 is 0 Å². The van der Waals surface area contributed by atoms with Gasteiger partial charge in [-0.15, -0.1) is 0 Å². The first-order valence-corrected chi connectivity index (χ1v) is 14.9. The SMILES string of the molecule is C=C1C(CCC(=O)OC)(C(C)(C)O)CC(OC(=O)C(C)=CC)C2(C)C13OC14C(=O)OC(C)(C(=O)C12C(=O)OC4C)C3OC(C)=O. The second kappa shape index (κ2) is 9.47. The van der Waals surface area contributed by atoms with Crippen LogP contribution >= 0.6 is 0 Å². The summed E-state index contributed by atoms with van der Waals surface area (Å²) in [5.74, 6) is -5.43. The molecule has 0 aromatic rings. The topological polar surface area (TPSA) is 178 Å². The van der Waals surface area contributed by atoms with Crippen LogP contribution in [0.1, 0.15) is 74.7 Å². The molecule has 2 aliphatic carbocycles. The van der Waals surface area contributed by atoms with E-state index in [0.29, 0.717) is 0 Å². The smallest absolute Gasteiger partial charge is 0.345 e. The molecule has 5 aliphatic rings. The molecule has 3 aliphatic heterocycles. The monoisotopic (exact) mass is 632 g/mol. The number of rotatable bonds is 7. The number of hydrogen-bond donors (Lipinski definition) is 1. The molecule has 1 N–H and O–H groups in total. The number of aliphatic hydroxyl groups is 1. The molecule has 13 heteroatoms. The fourth-order valence-corrected chi connectivity index (χ4v) is 9.09. The highest BCUT2D eigenvalue weighted by Crippen LogP contribution is 2.82. The van der Waals surface area contributed by atoms with E-state index in [9.17, 15) is 33.9 Å². The van der Waals surface area contributed by atoms with E-state index in [0.717, 1.165) is 6.92 Å². The van der Waals surface area contributed by atoms with Gasteiger partial charge in [0.05, 0.1) is 18.1 Å². The summed E-state index contributed by atoms with van der Waals surface area (Å²) in [7, 11) is 1.21. The fraction of sp³-hybridized carbons (Fsp3) is 0.688. The molecule has 1 spiro atoms. The first-order valence-electron chi connectivity index (χ1n) is 14.9. The standard InChI is InChI=1S/C32H40O13/c1-11-15(2)21(35)43-19-14-29(26(6,7)39,13-12-20(34)40-10)16(3)31-23(42-18(5)33)27(8)22(36)30(28(19,31)9)24(37)41-17(4)32(30,45-31)25(38)44-27/h11,17,19,23,39H,3,12-14H2,1-2,4-10H3. The van der Waals surface area contributed by atoms with E-state index in [1.54, 1.807) is 6.92 Å². The van der Waals surface area contributed by atoms with Gasteiger partial charge < -0.3 is 33.5 Å². The Hall–Kier alpha value is -3.58. The van der Waals surface area contributed by atoms with Crippen LogP contribution in [-0.2, 0) is 57.2 Å². The maximum atomic E-state index is 14.9. The molecule has 0 amide bonds. The van der Waals surface area contributed by atoms with E-state index in [1.165, 1.54) is 54.7 Å². The van der Waals surface area contributed by atoms with Gasteiger partial charge in [0.2, 0.25) is 17.0 Å². The van der Waals surface area contributed by atoms with E-state index in [2.05, 4.69) is 6.58 Å². The van der Waals surface area contributed by atoms with Crippen LogP contribution < -0.4 is 0 Å². The molecule has 9 unspecified atom stereocenters. The summed E-state index contributed by atoms with van der Waals surface area (Å²) in [6, 6.07) is 0. The Morgan fingerprint density at radius 1 is 1.09 bits per heavy atom. The second-order valence-electron chi connectivity index (χ2n) is 13.7. The lowest BCUT2D eigenvalue weighted by atomic mass is 9.35. The predicted molar refractivity (Wildman–Crippen MR) is 151 cm³/mol. The summed E-state index contributed by atoms with van der Waals surface area (Å²) < 4.78 is 35.2. The van der Waals surface area contributed by atoms with Gasteiger partial charge in [0.25, 0.3) is 0 Å². The van der Waals surface area contributed by atoms with Gasteiger partial charge in [-0.25, -0.2) is 9.59 Å². The molecule has 246 valence electrons. The van der Waals surface area contributed by atoms with E-state index in [4.69, 9.17) is 28.4 Å². The molecule has 3 bridgehead atoms. The zero-order valence-electron chi connectivity index (χ0n) is 27.0. The first-order chi connectivity index (χ1) is 20.7. The van der Waals surface area contributed by atoms with Crippen LogP contribution in [0.15, 0.2) is 23.8 Å². The number of esters is 5. The molecular formula is C32H40O13. The van der Waals surface area contributed by atoms with Crippen LogP contribution in [0.4, 0.5) is 0 Å². The quantitative estimate of drug-likeness (QED) is 0.141. The molecule has 45 heavy (non-hydrogen) atoms. The Morgan fingerprint density at radius 3 is 2.24 bits per heavy atom. The Morgan fingerprint density at radius 2 is 1.71 bits per heavy atom. The van der Waals surface area contributed by atoms with Crippen molar-refractivity contribution in [2.75, 3.05) is 7.11 Å². The maximum Gasteiger partial charge on any atom is 0.345 e. The summed E-state index contributed by atoms with van der Waals surface area (Å²) >= 11 is 0. The van der Waals surface area contributed by atoms with Crippen LogP contribution in [-0.4, -0.2) is 88.6 Å². The lowest BCUT2D eigenvalue weighted by Crippen LogP contribution is -2.85. The highest BCUT2D eigenvalue weighted by atomic mass is 16.7. The molecule has 2 saturated carbocycles. The van der Waals surface area contributed by atoms with E-state index < -0.39 is 92.6 Å². The van der Waals surface area contributed by atoms with Crippen molar-refractivity contribution in [3.05, 3.63) is 23.8 Å². The number of ether oxygens (including phenoxy) is 6. The molecule has 9 atom stereocenters. The van der Waals surface area contributed by atoms with Crippen molar-refractivity contribution in [2.24, 2.45) is 16.2 Å². The number of ketones is 1. The van der Waals surface area contributed by atoms with Gasteiger partial charge in [-0.2, -0.15) is 0 Å². The zero-order valence-corrected chi connectivity index (χ0v) is 27.0. The van der Waals surface area contributed by atoms with Gasteiger partial charge in [0, 0.05) is 24.3 Å². The molecule has 5 rings (SSSR count). The van der Waals surface area contributed by atoms with Crippen LogP contribution in [0.3, 0.4) is 0 Å². The number of Topliss-reactive ketones (excluding diaryl/α,β-unsaturated/α-hetero) is 1. The highest BCUT2D eigenvalue weighted by Gasteiger charge is 3.03. The average Bonchev–Trinajstić information content (AvgIpc) is 3.27. The minimum absolute atomic E-state index is 0.0281. The summed E-state index contributed by atoms with van der Waals surface area (Å²) in [6.45, 7) is 15.6. The maximum absolute atomic E-state index is 14.9. The normalized spacial score (nSPS) is 43.2. The molecule has 0 aromatic carbocycles. The Balaban J connectivity index is 1.95. The Bertz CT molecular complexity index is 1490.